The summed E-state index contributed by atoms with van der Waals surface area (Å²) in [6, 6.07) is 5.62. The Kier molecular flexibility index (Phi) is 3.18. The molecule has 0 radical (unpaired) electrons. The Morgan fingerprint density at radius 2 is 2.24 bits per heavy atom. The van der Waals surface area contributed by atoms with Crippen LogP contribution in [0.15, 0.2) is 30.6 Å². The number of aryl methyl sites for hydroxylation is 1. The van der Waals surface area contributed by atoms with Gasteiger partial charge in [-0.3, -0.25) is 9.78 Å². The van der Waals surface area contributed by atoms with Crippen LogP contribution in [-0.2, 0) is 18.3 Å². The van der Waals surface area contributed by atoms with Gasteiger partial charge in [-0.05, 0) is 18.6 Å². The van der Waals surface area contributed by atoms with E-state index < -0.39 is 5.97 Å². The van der Waals surface area contributed by atoms with E-state index in [9.17, 15) is 4.79 Å². The average molecular weight is 231 g/mol. The van der Waals surface area contributed by atoms with Crippen LogP contribution in [0, 0.1) is 0 Å². The van der Waals surface area contributed by atoms with E-state index in [0.29, 0.717) is 6.42 Å². The molecule has 0 unspecified atom stereocenters. The molecule has 0 atom stereocenters. The largest absolute Gasteiger partial charge is 0.481 e. The number of aliphatic carboxylic acids is 1. The second kappa shape index (κ2) is 4.78. The smallest absolute Gasteiger partial charge is 0.303 e. The summed E-state index contributed by atoms with van der Waals surface area (Å²) in [5.41, 5.74) is 1.68. The first kappa shape index (κ1) is 11.3. The van der Waals surface area contributed by atoms with Crippen LogP contribution in [0.3, 0.4) is 0 Å². The number of hydrogen-bond acceptors (Lipinski definition) is 3. The molecule has 0 aromatic carbocycles. The minimum absolute atomic E-state index is 0.112. The third kappa shape index (κ3) is 2.50. The Hall–Kier alpha value is -2.17. The number of carboxylic acids is 1. The lowest BCUT2D eigenvalue weighted by molar-refractivity contribution is -0.136. The number of imidazole rings is 1. The fraction of sp³-hybridized carbons (Fsp3) is 0.250. The van der Waals surface area contributed by atoms with Gasteiger partial charge in [0, 0.05) is 25.1 Å². The number of rotatable bonds is 4. The van der Waals surface area contributed by atoms with Crippen LogP contribution in [0.5, 0.6) is 0 Å². The summed E-state index contributed by atoms with van der Waals surface area (Å²) in [6.45, 7) is 0. The fourth-order valence-electron chi connectivity index (χ4n) is 1.65. The van der Waals surface area contributed by atoms with Crippen molar-refractivity contribution in [3.05, 3.63) is 36.3 Å². The van der Waals surface area contributed by atoms with Crippen LogP contribution in [-0.4, -0.2) is 25.6 Å². The van der Waals surface area contributed by atoms with E-state index in [-0.39, 0.29) is 6.42 Å². The van der Waals surface area contributed by atoms with Gasteiger partial charge >= 0.3 is 5.97 Å². The van der Waals surface area contributed by atoms with Gasteiger partial charge in [0.1, 0.15) is 5.69 Å². The molecule has 0 saturated carbocycles. The summed E-state index contributed by atoms with van der Waals surface area (Å²) >= 11 is 0. The molecule has 88 valence electrons. The van der Waals surface area contributed by atoms with Gasteiger partial charge in [-0.25, -0.2) is 4.98 Å². The lowest BCUT2D eigenvalue weighted by Gasteiger charge is -2.04. The first-order valence-electron chi connectivity index (χ1n) is 5.32. The molecule has 1 N–H and O–H groups in total. The van der Waals surface area contributed by atoms with Crippen molar-refractivity contribution in [3.8, 4) is 11.5 Å². The number of nitrogens with zero attached hydrogens (tertiary/aromatic N) is 3. The van der Waals surface area contributed by atoms with Gasteiger partial charge in [0.05, 0.1) is 6.42 Å². The molecule has 0 aliphatic carbocycles. The van der Waals surface area contributed by atoms with E-state index in [1.54, 1.807) is 12.4 Å². The lowest BCUT2D eigenvalue weighted by atomic mass is 10.2. The minimum Gasteiger partial charge on any atom is -0.481 e. The molecule has 2 rings (SSSR count). The molecule has 0 aliphatic heterocycles. The van der Waals surface area contributed by atoms with Crippen molar-refractivity contribution in [2.75, 3.05) is 0 Å². The zero-order valence-electron chi connectivity index (χ0n) is 9.50. The van der Waals surface area contributed by atoms with Crippen LogP contribution >= 0.6 is 0 Å². The Morgan fingerprint density at radius 1 is 1.41 bits per heavy atom. The molecule has 17 heavy (non-hydrogen) atoms. The van der Waals surface area contributed by atoms with Crippen molar-refractivity contribution in [1.29, 1.82) is 0 Å². The topological polar surface area (TPSA) is 68.0 Å². The Morgan fingerprint density at radius 3 is 2.88 bits per heavy atom. The molecule has 5 heteroatoms. The predicted octanol–water partition coefficient (Wildman–Crippen LogP) is 1.50. The Balaban J connectivity index is 2.24. The van der Waals surface area contributed by atoms with Crippen molar-refractivity contribution in [3.63, 3.8) is 0 Å². The second-order valence-electron chi connectivity index (χ2n) is 3.74. The Bertz CT molecular complexity index is 520. The van der Waals surface area contributed by atoms with Crippen LogP contribution in [0.1, 0.15) is 12.1 Å². The molecule has 0 aliphatic rings. The summed E-state index contributed by atoms with van der Waals surface area (Å²) in [5.74, 6) is -0.0448. The molecule has 0 spiro atoms. The van der Waals surface area contributed by atoms with Gasteiger partial charge in [-0.1, -0.05) is 6.07 Å². The summed E-state index contributed by atoms with van der Waals surface area (Å²) in [6.07, 6.45) is 4.00. The molecule has 0 bridgehead atoms. The van der Waals surface area contributed by atoms with E-state index in [2.05, 4.69) is 9.97 Å². The molecule has 5 nitrogen and oxygen atoms in total. The molecule has 0 saturated heterocycles. The fourth-order valence-corrected chi connectivity index (χ4v) is 1.65. The van der Waals surface area contributed by atoms with E-state index in [0.717, 1.165) is 17.2 Å². The van der Waals surface area contributed by atoms with Gasteiger partial charge in [-0.15, -0.1) is 0 Å². The lowest BCUT2D eigenvalue weighted by Crippen LogP contribution is -2.03. The normalized spacial score (nSPS) is 10.4. The highest BCUT2D eigenvalue weighted by Gasteiger charge is 2.10. The first-order valence-corrected chi connectivity index (χ1v) is 5.32. The predicted molar refractivity (Wildman–Crippen MR) is 62.4 cm³/mol. The number of carbonyl (C=O) groups is 1. The van der Waals surface area contributed by atoms with Gasteiger partial charge in [0.15, 0.2) is 5.82 Å². The first-order chi connectivity index (χ1) is 8.18. The van der Waals surface area contributed by atoms with Crippen molar-refractivity contribution < 1.29 is 9.90 Å². The third-order valence-corrected chi connectivity index (χ3v) is 2.57. The summed E-state index contributed by atoms with van der Waals surface area (Å²) in [7, 11) is 1.87. The minimum atomic E-state index is -0.800. The van der Waals surface area contributed by atoms with Crippen molar-refractivity contribution in [2.45, 2.75) is 12.8 Å². The van der Waals surface area contributed by atoms with Gasteiger partial charge in [0.25, 0.3) is 0 Å². The zero-order chi connectivity index (χ0) is 12.3. The highest BCUT2D eigenvalue weighted by molar-refractivity contribution is 5.67. The summed E-state index contributed by atoms with van der Waals surface area (Å²) in [4.78, 5) is 19.0. The summed E-state index contributed by atoms with van der Waals surface area (Å²) < 4.78 is 1.88. The van der Waals surface area contributed by atoms with Gasteiger partial charge in [-0.2, -0.15) is 0 Å². The maximum atomic E-state index is 10.5. The van der Waals surface area contributed by atoms with E-state index in [1.165, 1.54) is 0 Å². The maximum absolute atomic E-state index is 10.5. The molecule has 0 fully saturated rings. The molecular formula is C12H13N3O2. The number of carboxylic acid groups (broad SMARTS) is 1. The van der Waals surface area contributed by atoms with Crippen molar-refractivity contribution in [1.82, 2.24) is 14.5 Å². The van der Waals surface area contributed by atoms with Crippen LogP contribution in [0.2, 0.25) is 0 Å². The SMILES string of the molecule is Cn1c(CCC(=O)O)cnc1-c1ccccn1. The summed E-state index contributed by atoms with van der Waals surface area (Å²) in [5, 5.41) is 8.65. The Labute approximate surface area is 98.8 Å². The molecule has 2 aromatic heterocycles. The highest BCUT2D eigenvalue weighted by Crippen LogP contribution is 2.16. The second-order valence-corrected chi connectivity index (χ2v) is 3.74. The number of aromatic nitrogens is 3. The monoisotopic (exact) mass is 231 g/mol. The highest BCUT2D eigenvalue weighted by atomic mass is 16.4. The zero-order valence-corrected chi connectivity index (χ0v) is 9.50. The van der Waals surface area contributed by atoms with E-state index >= 15 is 0 Å². The number of hydrogen-bond donors (Lipinski definition) is 1. The standard InChI is InChI=1S/C12H13N3O2/c1-15-9(5-6-11(16)17)8-14-12(15)10-4-2-3-7-13-10/h2-4,7-8H,5-6H2,1H3,(H,16,17). The van der Waals surface area contributed by atoms with Crippen molar-refractivity contribution in [2.24, 2.45) is 7.05 Å². The van der Waals surface area contributed by atoms with Crippen LogP contribution < -0.4 is 0 Å². The van der Waals surface area contributed by atoms with E-state index in [1.807, 2.05) is 29.8 Å². The molecular weight excluding hydrogens is 218 g/mol. The van der Waals surface area contributed by atoms with Crippen molar-refractivity contribution >= 4 is 5.97 Å². The van der Waals surface area contributed by atoms with Crippen LogP contribution in [0.4, 0.5) is 0 Å². The van der Waals surface area contributed by atoms with Crippen LogP contribution in [0.25, 0.3) is 11.5 Å². The molecule has 0 amide bonds. The molecule has 2 aromatic rings. The van der Waals surface area contributed by atoms with Gasteiger partial charge < -0.3 is 9.67 Å². The average Bonchev–Trinajstić information content (AvgIpc) is 2.69. The van der Waals surface area contributed by atoms with Gasteiger partial charge in [0.2, 0.25) is 0 Å². The number of pyridine rings is 1. The molecule has 2 heterocycles. The third-order valence-electron chi connectivity index (χ3n) is 2.57. The quantitative estimate of drug-likeness (QED) is 0.865. The van der Waals surface area contributed by atoms with E-state index in [4.69, 9.17) is 5.11 Å². The maximum Gasteiger partial charge on any atom is 0.303 e.